The van der Waals surface area contributed by atoms with Gasteiger partial charge >= 0.3 is 0 Å². The number of benzene rings is 2. The minimum Gasteiger partial charge on any atom is -0.497 e. The summed E-state index contributed by atoms with van der Waals surface area (Å²) in [6.45, 7) is 2.47. The molecule has 0 bridgehead atoms. The van der Waals surface area contributed by atoms with E-state index in [0.717, 1.165) is 15.7 Å². The molecule has 128 valence electrons. The van der Waals surface area contributed by atoms with Crippen LogP contribution in [0.1, 0.15) is 17.3 Å². The summed E-state index contributed by atoms with van der Waals surface area (Å²) in [7, 11) is 1.59. The number of amides is 1. The maximum absolute atomic E-state index is 13.0. The van der Waals surface area contributed by atoms with Crippen molar-refractivity contribution >= 4 is 38.3 Å². The van der Waals surface area contributed by atoms with Crippen LogP contribution in [0.5, 0.6) is 5.75 Å². The monoisotopic (exact) mass is 416 g/mol. The number of halogens is 1. The molecule has 6 heteroatoms. The van der Waals surface area contributed by atoms with Crippen molar-refractivity contribution in [1.82, 2.24) is 4.98 Å². The van der Waals surface area contributed by atoms with Crippen LogP contribution < -0.4 is 9.64 Å². The van der Waals surface area contributed by atoms with Gasteiger partial charge < -0.3 is 4.74 Å². The van der Waals surface area contributed by atoms with Gasteiger partial charge in [-0.2, -0.15) is 0 Å². The second-order valence-electron chi connectivity index (χ2n) is 5.28. The summed E-state index contributed by atoms with van der Waals surface area (Å²) in [6, 6.07) is 15.3. The average Bonchev–Trinajstić information content (AvgIpc) is 3.13. The van der Waals surface area contributed by atoms with E-state index in [1.165, 1.54) is 11.3 Å². The number of nitrogens with zero attached hydrogens (tertiary/aromatic N) is 2. The van der Waals surface area contributed by atoms with Gasteiger partial charge in [-0.3, -0.25) is 9.69 Å². The predicted molar refractivity (Wildman–Crippen MR) is 106 cm³/mol. The van der Waals surface area contributed by atoms with Gasteiger partial charge in [0.25, 0.3) is 5.91 Å². The Balaban J connectivity index is 1.93. The van der Waals surface area contributed by atoms with Gasteiger partial charge in [0.2, 0.25) is 0 Å². The first-order valence-electron chi connectivity index (χ1n) is 7.80. The lowest BCUT2D eigenvalue weighted by Crippen LogP contribution is -2.30. The zero-order valence-corrected chi connectivity index (χ0v) is 16.3. The number of methoxy groups -OCH3 is 1. The molecular formula is C19H17BrN2O2S. The van der Waals surface area contributed by atoms with Crippen LogP contribution in [0.25, 0.3) is 11.3 Å². The summed E-state index contributed by atoms with van der Waals surface area (Å²) in [4.78, 5) is 19.3. The third-order valence-corrected chi connectivity index (χ3v) is 5.31. The van der Waals surface area contributed by atoms with E-state index in [0.29, 0.717) is 23.0 Å². The van der Waals surface area contributed by atoms with E-state index in [2.05, 4.69) is 20.9 Å². The lowest BCUT2D eigenvalue weighted by molar-refractivity contribution is 0.0987. The third kappa shape index (κ3) is 3.75. The smallest absolute Gasteiger partial charge is 0.261 e. The number of carbonyl (C=O) groups is 1. The van der Waals surface area contributed by atoms with Crippen LogP contribution in [-0.4, -0.2) is 24.5 Å². The Labute approximate surface area is 159 Å². The van der Waals surface area contributed by atoms with Crippen molar-refractivity contribution in [3.63, 3.8) is 0 Å². The highest BCUT2D eigenvalue weighted by atomic mass is 79.9. The van der Waals surface area contributed by atoms with Gasteiger partial charge in [0.15, 0.2) is 5.13 Å². The molecule has 0 N–H and O–H groups in total. The Kier molecular flexibility index (Phi) is 5.50. The highest BCUT2D eigenvalue weighted by Crippen LogP contribution is 2.30. The van der Waals surface area contributed by atoms with Crippen LogP contribution >= 0.6 is 27.3 Å². The minimum absolute atomic E-state index is 0.109. The Hall–Kier alpha value is -2.18. The fourth-order valence-corrected chi connectivity index (χ4v) is 3.75. The van der Waals surface area contributed by atoms with Gasteiger partial charge in [0.05, 0.1) is 18.4 Å². The van der Waals surface area contributed by atoms with Crippen molar-refractivity contribution in [3.05, 3.63) is 63.9 Å². The van der Waals surface area contributed by atoms with Crippen LogP contribution in [0.4, 0.5) is 5.13 Å². The Morgan fingerprint density at radius 2 is 2.00 bits per heavy atom. The number of aromatic nitrogens is 1. The highest BCUT2D eigenvalue weighted by molar-refractivity contribution is 9.10. The fourth-order valence-electron chi connectivity index (χ4n) is 2.44. The third-order valence-electron chi connectivity index (χ3n) is 3.76. The van der Waals surface area contributed by atoms with E-state index in [1.807, 2.05) is 54.8 Å². The van der Waals surface area contributed by atoms with Gasteiger partial charge in [0, 0.05) is 22.0 Å². The number of anilines is 1. The van der Waals surface area contributed by atoms with Crippen LogP contribution in [0.3, 0.4) is 0 Å². The molecule has 0 aliphatic heterocycles. The summed E-state index contributed by atoms with van der Waals surface area (Å²) in [6.07, 6.45) is 0. The summed E-state index contributed by atoms with van der Waals surface area (Å²) in [5.74, 6) is 0.536. The van der Waals surface area contributed by atoms with Crippen LogP contribution in [0.2, 0.25) is 0 Å². The molecule has 2 aromatic carbocycles. The molecule has 0 saturated carbocycles. The van der Waals surface area contributed by atoms with Crippen LogP contribution in [-0.2, 0) is 0 Å². The van der Waals surface area contributed by atoms with Gasteiger partial charge in [-0.25, -0.2) is 4.98 Å². The first kappa shape index (κ1) is 17.6. The summed E-state index contributed by atoms with van der Waals surface area (Å²) < 4.78 is 5.97. The molecule has 1 amide bonds. The largest absolute Gasteiger partial charge is 0.497 e. The van der Waals surface area contributed by atoms with E-state index in [9.17, 15) is 4.79 Å². The SMILES string of the molecule is CCN(C(=O)c1cc(OC)ccc1Br)c1nc(-c2ccccc2)cs1. The first-order valence-corrected chi connectivity index (χ1v) is 9.47. The van der Waals surface area contributed by atoms with Crippen LogP contribution in [0.15, 0.2) is 58.4 Å². The number of hydrogen-bond acceptors (Lipinski definition) is 4. The van der Waals surface area contributed by atoms with Gasteiger partial charge in [-0.15, -0.1) is 11.3 Å². The molecule has 25 heavy (non-hydrogen) atoms. The quantitative estimate of drug-likeness (QED) is 0.570. The number of hydrogen-bond donors (Lipinski definition) is 0. The number of ether oxygens (including phenoxy) is 1. The summed E-state index contributed by atoms with van der Waals surface area (Å²) in [5, 5.41) is 2.65. The molecule has 0 radical (unpaired) electrons. The number of thiazole rings is 1. The minimum atomic E-state index is -0.109. The maximum atomic E-state index is 13.0. The average molecular weight is 417 g/mol. The molecule has 0 atom stereocenters. The second kappa shape index (κ2) is 7.80. The van der Waals surface area contributed by atoms with Crippen molar-refractivity contribution in [2.75, 3.05) is 18.6 Å². The normalized spacial score (nSPS) is 10.5. The van der Waals surface area contributed by atoms with Gasteiger partial charge in [-0.1, -0.05) is 30.3 Å². The van der Waals surface area contributed by atoms with Gasteiger partial charge in [-0.05, 0) is 41.1 Å². The Morgan fingerprint density at radius 3 is 2.68 bits per heavy atom. The zero-order chi connectivity index (χ0) is 17.8. The molecule has 1 aromatic heterocycles. The Bertz CT molecular complexity index is 880. The number of rotatable bonds is 5. The van der Waals surface area contributed by atoms with E-state index >= 15 is 0 Å². The molecule has 0 unspecified atom stereocenters. The van der Waals surface area contributed by atoms with Crippen molar-refractivity contribution in [3.8, 4) is 17.0 Å². The molecule has 3 rings (SSSR count). The van der Waals surface area contributed by atoms with Crippen molar-refractivity contribution in [2.24, 2.45) is 0 Å². The van der Waals surface area contributed by atoms with E-state index < -0.39 is 0 Å². The fraction of sp³-hybridized carbons (Fsp3) is 0.158. The van der Waals surface area contributed by atoms with Gasteiger partial charge in [0.1, 0.15) is 5.75 Å². The topological polar surface area (TPSA) is 42.4 Å². The van der Waals surface area contributed by atoms with Crippen molar-refractivity contribution < 1.29 is 9.53 Å². The molecule has 0 saturated heterocycles. The van der Waals surface area contributed by atoms with E-state index in [-0.39, 0.29) is 5.91 Å². The molecule has 0 aliphatic carbocycles. The van der Waals surface area contributed by atoms with Crippen LogP contribution in [0, 0.1) is 0 Å². The summed E-state index contributed by atoms with van der Waals surface area (Å²) in [5.41, 5.74) is 2.46. The summed E-state index contributed by atoms with van der Waals surface area (Å²) >= 11 is 4.92. The van der Waals surface area contributed by atoms with Crippen molar-refractivity contribution in [1.29, 1.82) is 0 Å². The molecule has 1 heterocycles. The number of carbonyl (C=O) groups excluding carboxylic acids is 1. The maximum Gasteiger partial charge on any atom is 0.261 e. The van der Waals surface area contributed by atoms with E-state index in [4.69, 9.17) is 4.74 Å². The predicted octanol–water partition coefficient (Wildman–Crippen LogP) is 5.25. The molecular weight excluding hydrogens is 400 g/mol. The molecule has 0 fully saturated rings. The molecule has 4 nitrogen and oxygen atoms in total. The Morgan fingerprint density at radius 1 is 1.24 bits per heavy atom. The molecule has 0 spiro atoms. The molecule has 0 aliphatic rings. The van der Waals surface area contributed by atoms with Crippen molar-refractivity contribution in [2.45, 2.75) is 6.92 Å². The lowest BCUT2D eigenvalue weighted by atomic mass is 10.2. The molecule has 3 aromatic rings. The highest BCUT2D eigenvalue weighted by Gasteiger charge is 2.22. The first-order chi connectivity index (χ1) is 12.1. The lowest BCUT2D eigenvalue weighted by Gasteiger charge is -2.19. The van der Waals surface area contributed by atoms with E-state index in [1.54, 1.807) is 18.1 Å². The second-order valence-corrected chi connectivity index (χ2v) is 6.97. The standard InChI is InChI=1S/C19H17BrN2O2S/c1-3-22(18(23)15-11-14(24-2)9-10-16(15)20)19-21-17(12-25-19)13-7-5-4-6-8-13/h4-12H,3H2,1-2H3. The zero-order valence-electron chi connectivity index (χ0n) is 13.9.